The van der Waals surface area contributed by atoms with E-state index in [1.54, 1.807) is 6.07 Å². The summed E-state index contributed by atoms with van der Waals surface area (Å²) in [6.45, 7) is 10.0. The predicted molar refractivity (Wildman–Crippen MR) is 150 cm³/mol. The van der Waals surface area contributed by atoms with Crippen LogP contribution in [0.5, 0.6) is 17.2 Å². The zero-order valence-corrected chi connectivity index (χ0v) is 23.8. The summed E-state index contributed by atoms with van der Waals surface area (Å²) in [5.74, 6) is 0.915. The number of fused-ring (bicyclic) bond motifs is 1. The smallest absolute Gasteiger partial charge is 0.295 e. The lowest BCUT2D eigenvalue weighted by atomic mass is 9.94. The Balaban J connectivity index is 1.78. The number of benzene rings is 2. The van der Waals surface area contributed by atoms with Crippen LogP contribution >= 0.6 is 0 Å². The number of ether oxygens (including phenoxy) is 3. The van der Waals surface area contributed by atoms with Crippen LogP contribution in [0.1, 0.15) is 56.8 Å². The number of nitrogens with zero attached hydrogens (tertiary/aromatic N) is 2. The Morgan fingerprint density at radius 2 is 1.90 bits per heavy atom. The highest BCUT2D eigenvalue weighted by molar-refractivity contribution is 6.46. The molecule has 2 aliphatic heterocycles. The van der Waals surface area contributed by atoms with Crippen molar-refractivity contribution in [1.82, 2.24) is 9.80 Å². The summed E-state index contributed by atoms with van der Waals surface area (Å²) >= 11 is 0. The van der Waals surface area contributed by atoms with Crippen LogP contribution in [0.4, 0.5) is 0 Å². The van der Waals surface area contributed by atoms with Crippen molar-refractivity contribution in [3.63, 3.8) is 0 Å². The minimum Gasteiger partial charge on any atom is -0.507 e. The summed E-state index contributed by atoms with van der Waals surface area (Å²) in [5.41, 5.74) is 2.20. The third kappa shape index (κ3) is 6.22. The average molecular weight is 537 g/mol. The molecule has 2 aromatic rings. The highest BCUT2D eigenvalue weighted by Gasteiger charge is 2.46. The molecule has 1 fully saturated rings. The van der Waals surface area contributed by atoms with Gasteiger partial charge < -0.3 is 29.1 Å². The Kier molecular flexibility index (Phi) is 8.85. The van der Waals surface area contributed by atoms with E-state index in [0.717, 1.165) is 17.7 Å². The molecule has 2 heterocycles. The molecule has 0 saturated carbocycles. The van der Waals surface area contributed by atoms with Gasteiger partial charge in [0.25, 0.3) is 11.7 Å². The van der Waals surface area contributed by atoms with Crippen molar-refractivity contribution in [2.24, 2.45) is 5.92 Å². The average Bonchev–Trinajstić information content (AvgIpc) is 3.38. The van der Waals surface area contributed by atoms with Gasteiger partial charge in [0, 0.05) is 25.1 Å². The zero-order valence-electron chi connectivity index (χ0n) is 23.8. The maximum Gasteiger partial charge on any atom is 0.295 e. The maximum atomic E-state index is 13.4. The number of likely N-dealkylation sites (tertiary alicyclic amines) is 1. The molecule has 0 aliphatic carbocycles. The van der Waals surface area contributed by atoms with Gasteiger partial charge in [-0.1, -0.05) is 19.9 Å². The largest absolute Gasteiger partial charge is 0.507 e. The molecule has 2 atom stereocenters. The lowest BCUT2D eigenvalue weighted by Gasteiger charge is -2.27. The van der Waals surface area contributed by atoms with E-state index in [4.69, 9.17) is 14.2 Å². The third-order valence-electron chi connectivity index (χ3n) is 7.03. The molecule has 1 N–H and O–H groups in total. The van der Waals surface area contributed by atoms with Gasteiger partial charge in [0.15, 0.2) is 11.5 Å². The molecular formula is C31H40N2O6. The number of amides is 1. The molecule has 2 aliphatic rings. The molecule has 8 nitrogen and oxygen atoms in total. The van der Waals surface area contributed by atoms with Gasteiger partial charge in [-0.3, -0.25) is 9.59 Å². The topological polar surface area (TPSA) is 88.5 Å². The first-order chi connectivity index (χ1) is 18.6. The molecule has 39 heavy (non-hydrogen) atoms. The van der Waals surface area contributed by atoms with Crippen molar-refractivity contribution in [3.05, 3.63) is 58.7 Å². The van der Waals surface area contributed by atoms with E-state index in [0.29, 0.717) is 61.3 Å². The van der Waals surface area contributed by atoms with Crippen molar-refractivity contribution < 1.29 is 28.9 Å². The summed E-state index contributed by atoms with van der Waals surface area (Å²) in [6, 6.07) is 10.1. The van der Waals surface area contributed by atoms with Crippen LogP contribution in [0, 0.1) is 5.92 Å². The molecule has 0 unspecified atom stereocenters. The van der Waals surface area contributed by atoms with Crippen molar-refractivity contribution in [2.75, 3.05) is 40.4 Å². The van der Waals surface area contributed by atoms with E-state index in [9.17, 15) is 14.7 Å². The number of carbonyl (C=O) groups excluding carboxylic acids is 2. The third-order valence-corrected chi connectivity index (χ3v) is 7.03. The molecule has 210 valence electrons. The number of carbonyl (C=O) groups is 2. The quantitative estimate of drug-likeness (QED) is 0.250. The first-order valence-corrected chi connectivity index (χ1v) is 13.7. The highest BCUT2D eigenvalue weighted by Crippen LogP contribution is 2.42. The summed E-state index contributed by atoms with van der Waals surface area (Å²) in [6.07, 6.45) is 1.67. The fourth-order valence-corrected chi connectivity index (χ4v) is 4.98. The van der Waals surface area contributed by atoms with Crippen LogP contribution in [0.15, 0.2) is 42.0 Å². The number of aliphatic hydroxyl groups excluding tert-OH is 1. The zero-order chi connectivity index (χ0) is 28.3. The molecule has 0 aromatic heterocycles. The van der Waals surface area contributed by atoms with Crippen molar-refractivity contribution in [2.45, 2.75) is 52.7 Å². The van der Waals surface area contributed by atoms with Gasteiger partial charge in [0.2, 0.25) is 0 Å². The Morgan fingerprint density at radius 1 is 1.13 bits per heavy atom. The fourth-order valence-electron chi connectivity index (χ4n) is 4.98. The lowest BCUT2D eigenvalue weighted by molar-refractivity contribution is -0.140. The first kappa shape index (κ1) is 28.5. The number of hydrogen-bond acceptors (Lipinski definition) is 7. The van der Waals surface area contributed by atoms with E-state index in [2.05, 4.69) is 13.8 Å². The van der Waals surface area contributed by atoms with E-state index >= 15 is 0 Å². The van der Waals surface area contributed by atoms with Crippen LogP contribution in [0.3, 0.4) is 0 Å². The van der Waals surface area contributed by atoms with Crippen molar-refractivity contribution in [1.29, 1.82) is 0 Å². The molecule has 1 amide bonds. The van der Waals surface area contributed by atoms with Crippen LogP contribution in [-0.2, 0) is 16.0 Å². The normalized spacial score (nSPS) is 20.1. The van der Waals surface area contributed by atoms with Gasteiger partial charge >= 0.3 is 0 Å². The van der Waals surface area contributed by atoms with E-state index in [1.165, 1.54) is 4.90 Å². The second-order valence-corrected chi connectivity index (χ2v) is 10.9. The number of hydrogen-bond donors (Lipinski definition) is 1. The second kappa shape index (κ2) is 12.1. The van der Waals surface area contributed by atoms with Crippen LogP contribution in [0.2, 0.25) is 0 Å². The van der Waals surface area contributed by atoms with Gasteiger partial charge in [-0.25, -0.2) is 0 Å². The highest BCUT2D eigenvalue weighted by atomic mass is 16.5. The molecule has 0 radical (unpaired) electrons. The number of rotatable bonds is 11. The van der Waals surface area contributed by atoms with Gasteiger partial charge in [-0.05, 0) is 81.7 Å². The fraction of sp³-hybridized carbons (Fsp3) is 0.484. The van der Waals surface area contributed by atoms with Crippen LogP contribution in [0.25, 0.3) is 5.76 Å². The number of ketones is 1. The summed E-state index contributed by atoms with van der Waals surface area (Å²) < 4.78 is 17.7. The molecule has 8 heteroatoms. The van der Waals surface area contributed by atoms with Gasteiger partial charge in [0.1, 0.15) is 17.6 Å². The van der Waals surface area contributed by atoms with Crippen molar-refractivity contribution >= 4 is 17.4 Å². The summed E-state index contributed by atoms with van der Waals surface area (Å²) in [7, 11) is 3.82. The van der Waals surface area contributed by atoms with E-state index in [-0.39, 0.29) is 17.4 Å². The minimum absolute atomic E-state index is 0.0484. The minimum atomic E-state index is -0.766. The molecule has 1 saturated heterocycles. The molecule has 0 spiro atoms. The van der Waals surface area contributed by atoms with Gasteiger partial charge in [-0.2, -0.15) is 0 Å². The molecular weight excluding hydrogens is 496 g/mol. The predicted octanol–water partition coefficient (Wildman–Crippen LogP) is 4.82. The van der Waals surface area contributed by atoms with E-state index < -0.39 is 17.7 Å². The molecule has 4 rings (SSSR count). The standard InChI is InChI=1S/C31H40N2O6/c1-7-37-26-18-21(8-11-25(26)38-15-12-19(2)3)28-27(30(35)31(36)33(28)14-13-32(5)6)29(34)22-9-10-24-23(17-22)16-20(4)39-24/h8-11,17-20,28,34H,7,12-16H2,1-6H3/b29-27+/t20-,28-/m1/s1. The maximum absolute atomic E-state index is 13.4. The number of likely N-dealkylation sites (N-methyl/N-ethyl adjacent to an activating group) is 1. The Hall–Kier alpha value is -3.52. The first-order valence-electron chi connectivity index (χ1n) is 13.7. The van der Waals surface area contributed by atoms with E-state index in [1.807, 2.05) is 63.2 Å². The lowest BCUT2D eigenvalue weighted by Crippen LogP contribution is -2.35. The van der Waals surface area contributed by atoms with Gasteiger partial charge in [0.05, 0.1) is 24.8 Å². The Morgan fingerprint density at radius 3 is 2.59 bits per heavy atom. The van der Waals surface area contributed by atoms with Crippen LogP contribution in [-0.4, -0.2) is 73.1 Å². The summed E-state index contributed by atoms with van der Waals surface area (Å²) in [5, 5.41) is 11.5. The van der Waals surface area contributed by atoms with Gasteiger partial charge in [-0.15, -0.1) is 0 Å². The van der Waals surface area contributed by atoms with Crippen molar-refractivity contribution in [3.8, 4) is 17.2 Å². The number of Topliss-reactive ketones (excluding diaryl/α,β-unsaturated/α-hetero) is 1. The number of aliphatic hydroxyl groups is 1. The van der Waals surface area contributed by atoms with Crippen LogP contribution < -0.4 is 14.2 Å². The Labute approximate surface area is 231 Å². The monoisotopic (exact) mass is 536 g/mol. The molecule has 0 bridgehead atoms. The second-order valence-electron chi connectivity index (χ2n) is 10.9. The molecule has 2 aromatic carbocycles. The Bertz CT molecular complexity index is 1250. The SMILES string of the molecule is CCOc1cc([C@@H]2/C(=C(\O)c3ccc4c(c3)C[C@@H](C)O4)C(=O)C(=O)N2CCN(C)C)ccc1OCCC(C)C. The summed E-state index contributed by atoms with van der Waals surface area (Å²) in [4.78, 5) is 30.2.